The lowest BCUT2D eigenvalue weighted by molar-refractivity contribution is -0.123. The largest absolute Gasteiger partial charge is 0.375 e. The summed E-state index contributed by atoms with van der Waals surface area (Å²) in [7, 11) is 2.09. The molecular formula is C28H43N3O3. The van der Waals surface area contributed by atoms with Crippen LogP contribution >= 0.6 is 0 Å². The smallest absolute Gasteiger partial charge is 0.328 e. The van der Waals surface area contributed by atoms with Crippen molar-refractivity contribution >= 4 is 29.6 Å². The number of nitrogens with one attached hydrogen (secondary N) is 2. The van der Waals surface area contributed by atoms with E-state index in [2.05, 4.69) is 29.5 Å². The molecule has 2 N–H and O–H groups in total. The van der Waals surface area contributed by atoms with E-state index in [1.807, 2.05) is 24.3 Å². The quantitative estimate of drug-likeness (QED) is 0.158. The standard InChI is InChI=1S/C28H43N3O3/c1-3-4-5-6-7-8-9-10-11-12-13-14-15-16-21-31(2)24-19-17-23(18-20-24)22-25-26(32)29-28(34)30-27(25)33/h17-20,22H,3-16,21H2,1-2H3,(H2,29,30,32,33,34). The van der Waals surface area contributed by atoms with Gasteiger partial charge in [0.25, 0.3) is 11.8 Å². The lowest BCUT2D eigenvalue weighted by atomic mass is 10.0. The fourth-order valence-electron chi connectivity index (χ4n) is 4.27. The van der Waals surface area contributed by atoms with Crippen LogP contribution < -0.4 is 15.5 Å². The molecular weight excluding hydrogens is 426 g/mol. The molecule has 1 aromatic carbocycles. The fraction of sp³-hybridized carbons (Fsp3) is 0.607. The summed E-state index contributed by atoms with van der Waals surface area (Å²) in [4.78, 5) is 37.1. The summed E-state index contributed by atoms with van der Waals surface area (Å²) in [6, 6.07) is 6.94. The summed E-state index contributed by atoms with van der Waals surface area (Å²) in [5.74, 6) is -1.35. The van der Waals surface area contributed by atoms with Crippen LogP contribution in [0.3, 0.4) is 0 Å². The van der Waals surface area contributed by atoms with Crippen molar-refractivity contribution in [3.63, 3.8) is 0 Å². The van der Waals surface area contributed by atoms with Gasteiger partial charge in [-0.3, -0.25) is 20.2 Å². The molecule has 0 saturated carbocycles. The van der Waals surface area contributed by atoms with Crippen LogP contribution in [0.1, 0.15) is 102 Å². The van der Waals surface area contributed by atoms with E-state index < -0.39 is 17.8 Å². The number of rotatable bonds is 17. The summed E-state index contributed by atoms with van der Waals surface area (Å²) in [6.07, 6.45) is 20.5. The van der Waals surface area contributed by atoms with Gasteiger partial charge in [-0.15, -0.1) is 0 Å². The van der Waals surface area contributed by atoms with Gasteiger partial charge in [-0.25, -0.2) is 4.79 Å². The Morgan fingerprint density at radius 3 is 1.59 bits per heavy atom. The Morgan fingerprint density at radius 2 is 1.12 bits per heavy atom. The maximum absolute atomic E-state index is 11.8. The molecule has 6 nitrogen and oxygen atoms in total. The third kappa shape index (κ3) is 10.5. The van der Waals surface area contributed by atoms with Crippen molar-refractivity contribution < 1.29 is 14.4 Å². The molecule has 0 spiro atoms. The van der Waals surface area contributed by atoms with E-state index in [-0.39, 0.29) is 5.57 Å². The highest BCUT2D eigenvalue weighted by atomic mass is 16.2. The molecule has 188 valence electrons. The molecule has 0 aliphatic carbocycles. The third-order valence-corrected chi connectivity index (χ3v) is 6.44. The van der Waals surface area contributed by atoms with Crippen LogP contribution in [-0.4, -0.2) is 31.4 Å². The van der Waals surface area contributed by atoms with E-state index in [4.69, 9.17) is 0 Å². The molecule has 34 heavy (non-hydrogen) atoms. The molecule has 0 bridgehead atoms. The second-order valence-electron chi connectivity index (χ2n) is 9.40. The van der Waals surface area contributed by atoms with Crippen molar-refractivity contribution in [3.05, 3.63) is 35.4 Å². The molecule has 0 atom stereocenters. The third-order valence-electron chi connectivity index (χ3n) is 6.44. The van der Waals surface area contributed by atoms with Crippen LogP contribution in [0.2, 0.25) is 0 Å². The zero-order valence-electron chi connectivity index (χ0n) is 21.2. The number of imide groups is 2. The van der Waals surface area contributed by atoms with Gasteiger partial charge in [0.2, 0.25) is 0 Å². The number of unbranched alkanes of at least 4 members (excludes halogenated alkanes) is 13. The molecule has 6 heteroatoms. The first-order chi connectivity index (χ1) is 16.5. The summed E-state index contributed by atoms with van der Waals surface area (Å²) in [6.45, 7) is 3.28. The zero-order valence-corrected chi connectivity index (χ0v) is 21.2. The number of hydrogen-bond acceptors (Lipinski definition) is 4. The Bertz CT molecular complexity index is 780. The Hall–Kier alpha value is -2.63. The number of carbonyl (C=O) groups is 3. The predicted molar refractivity (Wildman–Crippen MR) is 140 cm³/mol. The minimum absolute atomic E-state index is 0.0666. The minimum atomic E-state index is -0.785. The number of barbiturate groups is 1. The van der Waals surface area contributed by atoms with Crippen molar-refractivity contribution in [2.75, 3.05) is 18.5 Å². The van der Waals surface area contributed by atoms with Gasteiger partial charge in [0.05, 0.1) is 0 Å². The van der Waals surface area contributed by atoms with Crippen LogP contribution in [0.25, 0.3) is 6.08 Å². The average molecular weight is 470 g/mol. The molecule has 2 rings (SSSR count). The number of carbonyl (C=O) groups excluding carboxylic acids is 3. The van der Waals surface area contributed by atoms with Crippen LogP contribution in [0.4, 0.5) is 10.5 Å². The number of hydrogen-bond donors (Lipinski definition) is 2. The van der Waals surface area contributed by atoms with Crippen molar-refractivity contribution in [2.45, 2.75) is 96.8 Å². The van der Waals surface area contributed by atoms with E-state index in [0.717, 1.165) is 17.8 Å². The maximum Gasteiger partial charge on any atom is 0.328 e. The van der Waals surface area contributed by atoms with Gasteiger partial charge in [0.15, 0.2) is 0 Å². The van der Waals surface area contributed by atoms with Gasteiger partial charge in [-0.1, -0.05) is 103 Å². The lowest BCUT2D eigenvalue weighted by Gasteiger charge is -2.19. The van der Waals surface area contributed by atoms with Crippen LogP contribution in [0.5, 0.6) is 0 Å². The molecule has 4 amide bonds. The van der Waals surface area contributed by atoms with Crippen molar-refractivity contribution in [3.8, 4) is 0 Å². The average Bonchev–Trinajstić information content (AvgIpc) is 2.82. The van der Waals surface area contributed by atoms with Gasteiger partial charge < -0.3 is 4.90 Å². The van der Waals surface area contributed by atoms with Crippen molar-refractivity contribution in [1.82, 2.24) is 10.6 Å². The topological polar surface area (TPSA) is 78.5 Å². The minimum Gasteiger partial charge on any atom is -0.375 e. The van der Waals surface area contributed by atoms with Crippen LogP contribution in [0.15, 0.2) is 29.8 Å². The first kappa shape index (κ1) is 27.6. The van der Waals surface area contributed by atoms with E-state index in [1.54, 1.807) is 0 Å². The maximum atomic E-state index is 11.8. The molecule has 1 heterocycles. The molecule has 1 aliphatic rings. The second-order valence-corrected chi connectivity index (χ2v) is 9.40. The Balaban J connectivity index is 1.55. The number of nitrogens with zero attached hydrogens (tertiary/aromatic N) is 1. The number of urea groups is 1. The summed E-state index contributed by atoms with van der Waals surface area (Å²) in [5.41, 5.74) is 1.77. The zero-order chi connectivity index (χ0) is 24.6. The Kier molecular flexibility index (Phi) is 13.1. The summed E-state index contributed by atoms with van der Waals surface area (Å²) >= 11 is 0. The van der Waals surface area contributed by atoms with E-state index in [0.29, 0.717) is 0 Å². The molecule has 1 aromatic rings. The summed E-state index contributed by atoms with van der Waals surface area (Å²) < 4.78 is 0. The lowest BCUT2D eigenvalue weighted by Crippen LogP contribution is -2.51. The molecule has 1 aliphatic heterocycles. The van der Waals surface area contributed by atoms with Crippen molar-refractivity contribution in [2.24, 2.45) is 0 Å². The Morgan fingerprint density at radius 1 is 0.676 bits per heavy atom. The van der Waals surface area contributed by atoms with Crippen LogP contribution in [0, 0.1) is 0 Å². The van der Waals surface area contributed by atoms with Gasteiger partial charge in [-0.2, -0.15) is 0 Å². The number of benzene rings is 1. The Labute approximate surface area is 205 Å². The van der Waals surface area contributed by atoms with Gasteiger partial charge in [0.1, 0.15) is 5.57 Å². The monoisotopic (exact) mass is 469 g/mol. The first-order valence-corrected chi connectivity index (χ1v) is 13.2. The van der Waals surface area contributed by atoms with Crippen molar-refractivity contribution in [1.29, 1.82) is 0 Å². The van der Waals surface area contributed by atoms with Crippen LogP contribution in [-0.2, 0) is 9.59 Å². The highest BCUT2D eigenvalue weighted by Gasteiger charge is 2.27. The molecule has 0 aromatic heterocycles. The second kappa shape index (κ2) is 16.1. The highest BCUT2D eigenvalue weighted by Crippen LogP contribution is 2.18. The van der Waals surface area contributed by atoms with Gasteiger partial charge >= 0.3 is 6.03 Å². The summed E-state index contributed by atoms with van der Waals surface area (Å²) in [5, 5.41) is 4.17. The van der Waals surface area contributed by atoms with Gasteiger partial charge in [0, 0.05) is 19.3 Å². The molecule has 1 fully saturated rings. The molecule has 0 unspecified atom stereocenters. The number of anilines is 1. The van der Waals surface area contributed by atoms with E-state index in [1.165, 1.54) is 96.0 Å². The van der Waals surface area contributed by atoms with E-state index >= 15 is 0 Å². The fourth-order valence-corrected chi connectivity index (χ4v) is 4.27. The SMILES string of the molecule is CCCCCCCCCCCCCCCCN(C)c1ccc(C=C2C(=O)NC(=O)NC2=O)cc1. The molecule has 0 radical (unpaired) electrons. The normalized spacial score (nSPS) is 13.6. The predicted octanol–water partition coefficient (Wildman–Crippen LogP) is 6.35. The highest BCUT2D eigenvalue weighted by molar-refractivity contribution is 6.31. The first-order valence-electron chi connectivity index (χ1n) is 13.2. The molecule has 1 saturated heterocycles. The number of amides is 4. The van der Waals surface area contributed by atoms with E-state index in [9.17, 15) is 14.4 Å². The van der Waals surface area contributed by atoms with Gasteiger partial charge in [-0.05, 0) is 30.2 Å².